The van der Waals surface area contributed by atoms with Crippen LogP contribution in [-0.2, 0) is 6.18 Å². The number of thiophene rings is 1. The summed E-state index contributed by atoms with van der Waals surface area (Å²) in [6.45, 7) is 3.89. The number of nitrogens with one attached hydrogen (secondary N) is 1. The minimum atomic E-state index is -4.35. The minimum Gasteiger partial charge on any atom is -0.363 e. The van der Waals surface area contributed by atoms with E-state index in [9.17, 15) is 13.2 Å². The number of halogens is 3. The lowest BCUT2D eigenvalue weighted by atomic mass is 10.2. The van der Waals surface area contributed by atoms with E-state index in [0.29, 0.717) is 0 Å². The number of hydrogen-bond acceptors (Lipinski definition) is 3. The van der Waals surface area contributed by atoms with Crippen LogP contribution in [0.3, 0.4) is 0 Å². The highest BCUT2D eigenvalue weighted by molar-refractivity contribution is 7.12. The molecule has 0 bridgehead atoms. The first kappa shape index (κ1) is 13.9. The smallest absolute Gasteiger partial charge is 0.363 e. The van der Waals surface area contributed by atoms with Crippen molar-refractivity contribution < 1.29 is 13.2 Å². The minimum absolute atomic E-state index is 0.0744. The molecule has 6 heteroatoms. The SMILES string of the molecule is Cc1ccc(C(C)Nc2cc(C(F)(F)F)ccn2)s1. The Kier molecular flexibility index (Phi) is 3.80. The van der Waals surface area contributed by atoms with E-state index in [0.717, 1.165) is 23.2 Å². The standard InChI is InChI=1S/C13H13F3N2S/c1-8-3-4-11(19-8)9(2)18-12-7-10(5-6-17-12)13(14,15)16/h3-7,9H,1-2H3,(H,17,18). The number of rotatable bonds is 3. The lowest BCUT2D eigenvalue weighted by molar-refractivity contribution is -0.137. The Morgan fingerprint density at radius 2 is 2.00 bits per heavy atom. The molecule has 0 saturated carbocycles. The average molecular weight is 286 g/mol. The molecule has 1 atom stereocenters. The highest BCUT2D eigenvalue weighted by Crippen LogP contribution is 2.31. The molecule has 0 saturated heterocycles. The predicted molar refractivity (Wildman–Crippen MR) is 70.3 cm³/mol. The van der Waals surface area contributed by atoms with Crippen molar-refractivity contribution >= 4 is 17.2 Å². The summed E-state index contributed by atoms with van der Waals surface area (Å²) in [6, 6.07) is 5.86. The summed E-state index contributed by atoms with van der Waals surface area (Å²) in [5.74, 6) is 0.230. The summed E-state index contributed by atoms with van der Waals surface area (Å²) >= 11 is 1.61. The van der Waals surface area contributed by atoms with Gasteiger partial charge in [-0.2, -0.15) is 13.2 Å². The van der Waals surface area contributed by atoms with E-state index in [4.69, 9.17) is 0 Å². The van der Waals surface area contributed by atoms with Crippen molar-refractivity contribution in [3.63, 3.8) is 0 Å². The van der Waals surface area contributed by atoms with Crippen molar-refractivity contribution in [2.75, 3.05) is 5.32 Å². The van der Waals surface area contributed by atoms with Crippen molar-refractivity contribution in [3.05, 3.63) is 45.8 Å². The number of alkyl halides is 3. The van der Waals surface area contributed by atoms with Gasteiger partial charge in [0.1, 0.15) is 5.82 Å². The molecule has 0 aliphatic carbocycles. The fourth-order valence-electron chi connectivity index (χ4n) is 1.66. The summed E-state index contributed by atoms with van der Waals surface area (Å²) in [4.78, 5) is 6.15. The van der Waals surface area contributed by atoms with Crippen LogP contribution in [0.1, 0.15) is 28.3 Å². The summed E-state index contributed by atoms with van der Waals surface area (Å²) < 4.78 is 37.7. The molecule has 2 aromatic rings. The molecule has 0 spiro atoms. The molecular weight excluding hydrogens is 273 g/mol. The van der Waals surface area contributed by atoms with Crippen LogP contribution in [-0.4, -0.2) is 4.98 Å². The Morgan fingerprint density at radius 1 is 1.26 bits per heavy atom. The van der Waals surface area contributed by atoms with E-state index in [-0.39, 0.29) is 11.9 Å². The van der Waals surface area contributed by atoms with Gasteiger partial charge in [-0.05, 0) is 38.1 Å². The maximum atomic E-state index is 12.6. The third-order valence-corrected chi connectivity index (χ3v) is 3.82. The fourth-order valence-corrected chi connectivity index (χ4v) is 2.54. The zero-order valence-electron chi connectivity index (χ0n) is 10.5. The number of anilines is 1. The van der Waals surface area contributed by atoms with Gasteiger partial charge in [-0.1, -0.05) is 0 Å². The third-order valence-electron chi connectivity index (χ3n) is 2.64. The average Bonchev–Trinajstić information content (AvgIpc) is 2.75. The summed E-state index contributed by atoms with van der Waals surface area (Å²) in [6.07, 6.45) is -3.18. The molecule has 0 fully saturated rings. The van der Waals surface area contributed by atoms with Gasteiger partial charge in [-0.15, -0.1) is 11.3 Å². The summed E-state index contributed by atoms with van der Waals surface area (Å²) in [5.41, 5.74) is -0.695. The van der Waals surface area contributed by atoms with Crippen LogP contribution >= 0.6 is 11.3 Å². The van der Waals surface area contributed by atoms with Crippen LogP contribution < -0.4 is 5.32 Å². The van der Waals surface area contributed by atoms with E-state index in [1.807, 2.05) is 26.0 Å². The van der Waals surface area contributed by atoms with Gasteiger partial charge in [0.25, 0.3) is 0 Å². The van der Waals surface area contributed by atoms with E-state index >= 15 is 0 Å². The Bertz CT molecular complexity index is 563. The summed E-state index contributed by atoms with van der Waals surface area (Å²) in [5, 5.41) is 2.98. The lowest BCUT2D eigenvalue weighted by Gasteiger charge is -2.14. The maximum Gasteiger partial charge on any atom is 0.416 e. The molecule has 0 aliphatic heterocycles. The van der Waals surface area contributed by atoms with Gasteiger partial charge in [0.15, 0.2) is 0 Å². The van der Waals surface area contributed by atoms with Crippen molar-refractivity contribution in [1.29, 1.82) is 0 Å². The molecule has 0 aromatic carbocycles. The molecule has 0 radical (unpaired) electrons. The van der Waals surface area contributed by atoms with Crippen molar-refractivity contribution in [3.8, 4) is 0 Å². The first-order chi connectivity index (χ1) is 8.86. The van der Waals surface area contributed by atoms with Gasteiger partial charge < -0.3 is 5.32 Å². The largest absolute Gasteiger partial charge is 0.416 e. The number of nitrogens with zero attached hydrogens (tertiary/aromatic N) is 1. The summed E-state index contributed by atoms with van der Waals surface area (Å²) in [7, 11) is 0. The Labute approximate surface area is 113 Å². The van der Waals surface area contributed by atoms with Crippen LogP contribution in [0.25, 0.3) is 0 Å². The highest BCUT2D eigenvalue weighted by Gasteiger charge is 2.30. The first-order valence-corrected chi connectivity index (χ1v) is 6.54. The normalized spacial score (nSPS) is 13.3. The van der Waals surface area contributed by atoms with Gasteiger partial charge in [-0.3, -0.25) is 0 Å². The quantitative estimate of drug-likeness (QED) is 0.888. The van der Waals surface area contributed by atoms with Gasteiger partial charge in [-0.25, -0.2) is 4.98 Å². The van der Waals surface area contributed by atoms with E-state index in [2.05, 4.69) is 10.3 Å². The Morgan fingerprint density at radius 3 is 2.58 bits per heavy atom. The first-order valence-electron chi connectivity index (χ1n) is 5.72. The number of pyridine rings is 1. The number of aromatic nitrogens is 1. The zero-order chi connectivity index (χ0) is 14.0. The molecule has 2 aromatic heterocycles. The molecular formula is C13H13F3N2S. The van der Waals surface area contributed by atoms with E-state index in [1.165, 1.54) is 4.88 Å². The molecule has 19 heavy (non-hydrogen) atoms. The van der Waals surface area contributed by atoms with E-state index in [1.54, 1.807) is 11.3 Å². The van der Waals surface area contributed by atoms with Gasteiger partial charge in [0, 0.05) is 16.0 Å². The molecule has 1 unspecified atom stereocenters. The highest BCUT2D eigenvalue weighted by atomic mass is 32.1. The molecule has 2 rings (SSSR count). The molecule has 0 amide bonds. The second-order valence-electron chi connectivity index (χ2n) is 4.24. The van der Waals surface area contributed by atoms with Crippen LogP contribution in [0.5, 0.6) is 0 Å². The second kappa shape index (κ2) is 5.21. The van der Waals surface area contributed by atoms with Crippen molar-refractivity contribution in [2.24, 2.45) is 0 Å². The van der Waals surface area contributed by atoms with Gasteiger partial charge in [0.05, 0.1) is 11.6 Å². The van der Waals surface area contributed by atoms with Crippen molar-refractivity contribution in [1.82, 2.24) is 4.98 Å². The fraction of sp³-hybridized carbons (Fsp3) is 0.308. The Balaban J connectivity index is 2.15. The maximum absolute atomic E-state index is 12.6. The molecule has 102 valence electrons. The van der Waals surface area contributed by atoms with Crippen LogP contribution in [0.4, 0.5) is 19.0 Å². The third kappa shape index (κ3) is 3.47. The number of hydrogen-bond donors (Lipinski definition) is 1. The van der Waals surface area contributed by atoms with Crippen LogP contribution in [0.15, 0.2) is 30.5 Å². The van der Waals surface area contributed by atoms with E-state index < -0.39 is 11.7 Å². The zero-order valence-corrected chi connectivity index (χ0v) is 11.3. The molecule has 2 heterocycles. The monoisotopic (exact) mass is 286 g/mol. The van der Waals surface area contributed by atoms with Gasteiger partial charge in [0.2, 0.25) is 0 Å². The lowest BCUT2D eigenvalue weighted by Crippen LogP contribution is -2.09. The van der Waals surface area contributed by atoms with Crippen LogP contribution in [0.2, 0.25) is 0 Å². The van der Waals surface area contributed by atoms with Crippen molar-refractivity contribution in [2.45, 2.75) is 26.1 Å². The topological polar surface area (TPSA) is 24.9 Å². The molecule has 1 N–H and O–H groups in total. The molecule has 0 aliphatic rings. The Hall–Kier alpha value is -1.56. The number of aryl methyl sites for hydroxylation is 1. The van der Waals surface area contributed by atoms with Gasteiger partial charge >= 0.3 is 6.18 Å². The predicted octanol–water partition coefficient (Wildman–Crippen LogP) is 4.64. The molecule has 2 nitrogen and oxygen atoms in total. The second-order valence-corrected chi connectivity index (χ2v) is 5.56. The van der Waals surface area contributed by atoms with Crippen LogP contribution in [0, 0.1) is 6.92 Å².